The number of morpholine rings is 1. The summed E-state index contributed by atoms with van der Waals surface area (Å²) in [6.45, 7) is 6.45. The number of anilines is 1. The number of hydrogen-bond acceptors (Lipinski definition) is 3. The zero-order chi connectivity index (χ0) is 19.2. The molecule has 2 atom stereocenters. The monoisotopic (exact) mass is 368 g/mol. The molecule has 1 unspecified atom stereocenters. The van der Waals surface area contributed by atoms with Gasteiger partial charge in [-0.3, -0.25) is 4.79 Å². The fourth-order valence-corrected chi connectivity index (χ4v) is 3.16. The molecule has 142 valence electrons. The second kappa shape index (κ2) is 8.82. The van der Waals surface area contributed by atoms with Crippen LogP contribution >= 0.6 is 0 Å². The third kappa shape index (κ3) is 5.17. The molecule has 2 aromatic carbocycles. The Hall–Kier alpha value is -2.66. The zero-order valence-corrected chi connectivity index (χ0v) is 15.7. The zero-order valence-electron chi connectivity index (χ0n) is 15.7. The number of halogens is 1. The summed E-state index contributed by atoms with van der Waals surface area (Å²) in [6, 6.07) is 14.4. The first kappa shape index (κ1) is 19.1. The molecule has 2 aromatic rings. The highest BCUT2D eigenvalue weighted by atomic mass is 19.1. The van der Waals surface area contributed by atoms with E-state index in [1.54, 1.807) is 18.2 Å². The van der Waals surface area contributed by atoms with Crippen LogP contribution in [0.2, 0.25) is 0 Å². The van der Waals surface area contributed by atoms with E-state index in [2.05, 4.69) is 29.3 Å². The molecule has 3 rings (SSSR count). The topological polar surface area (TPSA) is 41.6 Å². The summed E-state index contributed by atoms with van der Waals surface area (Å²) in [4.78, 5) is 14.5. The maximum absolute atomic E-state index is 13.6. The molecule has 1 saturated heterocycles. The predicted molar refractivity (Wildman–Crippen MR) is 106 cm³/mol. The van der Waals surface area contributed by atoms with Gasteiger partial charge in [0.25, 0.3) is 0 Å². The highest BCUT2D eigenvalue weighted by Gasteiger charge is 2.18. The molecular formula is C22H25FN2O2. The summed E-state index contributed by atoms with van der Waals surface area (Å²) in [5.74, 6) is -0.599. The van der Waals surface area contributed by atoms with Gasteiger partial charge in [0, 0.05) is 30.4 Å². The lowest BCUT2D eigenvalue weighted by molar-refractivity contribution is -0.117. The number of carbonyl (C=O) groups excluding carboxylic acids is 1. The Bertz CT molecular complexity index is 821. The summed E-state index contributed by atoms with van der Waals surface area (Å²) < 4.78 is 19.2. The molecule has 27 heavy (non-hydrogen) atoms. The van der Waals surface area contributed by atoms with Gasteiger partial charge in [0.15, 0.2) is 0 Å². The predicted octanol–water partition coefficient (Wildman–Crippen LogP) is 3.94. The highest BCUT2D eigenvalue weighted by Crippen LogP contribution is 2.22. The van der Waals surface area contributed by atoms with Crippen LogP contribution in [0.4, 0.5) is 10.1 Å². The van der Waals surface area contributed by atoms with Crippen molar-refractivity contribution < 1.29 is 13.9 Å². The Morgan fingerprint density at radius 1 is 1.30 bits per heavy atom. The van der Waals surface area contributed by atoms with Crippen LogP contribution in [0.25, 0.3) is 6.08 Å². The molecule has 1 heterocycles. The van der Waals surface area contributed by atoms with Gasteiger partial charge in [-0.1, -0.05) is 30.3 Å². The normalized spacial score (nSPS) is 18.5. The van der Waals surface area contributed by atoms with E-state index in [1.165, 1.54) is 18.2 Å². The van der Waals surface area contributed by atoms with Crippen LogP contribution < -0.4 is 10.2 Å². The molecule has 5 heteroatoms. The van der Waals surface area contributed by atoms with Gasteiger partial charge in [-0.2, -0.15) is 0 Å². The van der Waals surface area contributed by atoms with Crippen LogP contribution in [-0.4, -0.2) is 31.7 Å². The lowest BCUT2D eigenvalue weighted by Crippen LogP contribution is -2.41. The van der Waals surface area contributed by atoms with Crippen LogP contribution in [0, 0.1) is 5.82 Å². The summed E-state index contributed by atoms with van der Waals surface area (Å²) >= 11 is 0. The second-order valence-electron chi connectivity index (χ2n) is 6.81. The van der Waals surface area contributed by atoms with E-state index < -0.39 is 0 Å². The minimum absolute atomic E-state index is 0.152. The molecule has 1 aliphatic rings. The number of nitrogens with one attached hydrogen (secondary N) is 1. The van der Waals surface area contributed by atoms with Gasteiger partial charge in [0.2, 0.25) is 5.91 Å². The molecule has 0 spiro atoms. The molecule has 1 amide bonds. The number of benzene rings is 2. The minimum atomic E-state index is -0.345. The largest absolute Gasteiger partial charge is 0.375 e. The maximum Gasteiger partial charge on any atom is 0.244 e. The average Bonchev–Trinajstić information content (AvgIpc) is 2.67. The first-order valence-electron chi connectivity index (χ1n) is 9.22. The molecular weight excluding hydrogens is 343 g/mol. The van der Waals surface area contributed by atoms with E-state index in [0.29, 0.717) is 5.56 Å². The number of ether oxygens (including phenoxy) is 1. The van der Waals surface area contributed by atoms with Crippen molar-refractivity contribution in [2.75, 3.05) is 24.6 Å². The molecule has 1 N–H and O–H groups in total. The molecule has 0 saturated carbocycles. The van der Waals surface area contributed by atoms with E-state index in [4.69, 9.17) is 4.74 Å². The van der Waals surface area contributed by atoms with Gasteiger partial charge in [-0.25, -0.2) is 4.39 Å². The van der Waals surface area contributed by atoms with Gasteiger partial charge in [0.05, 0.1) is 18.8 Å². The number of hydrogen-bond donors (Lipinski definition) is 1. The van der Waals surface area contributed by atoms with Gasteiger partial charge in [-0.05, 0) is 43.7 Å². The van der Waals surface area contributed by atoms with Crippen molar-refractivity contribution in [3.63, 3.8) is 0 Å². The van der Waals surface area contributed by atoms with E-state index in [0.717, 1.165) is 30.9 Å². The van der Waals surface area contributed by atoms with E-state index in [1.807, 2.05) is 19.1 Å². The van der Waals surface area contributed by atoms with Gasteiger partial charge >= 0.3 is 0 Å². The summed E-state index contributed by atoms with van der Waals surface area (Å²) in [7, 11) is 0. The Balaban J connectivity index is 1.63. The summed E-state index contributed by atoms with van der Waals surface area (Å²) in [5, 5.41) is 2.93. The van der Waals surface area contributed by atoms with Crippen molar-refractivity contribution in [1.82, 2.24) is 5.32 Å². The molecule has 4 nitrogen and oxygen atoms in total. The van der Waals surface area contributed by atoms with Crippen LogP contribution in [0.5, 0.6) is 0 Å². The first-order chi connectivity index (χ1) is 13.0. The van der Waals surface area contributed by atoms with Gasteiger partial charge in [-0.15, -0.1) is 0 Å². The van der Waals surface area contributed by atoms with Crippen molar-refractivity contribution in [3.8, 4) is 0 Å². The lowest BCUT2D eigenvalue weighted by Gasteiger charge is -2.33. The number of carbonyl (C=O) groups is 1. The van der Waals surface area contributed by atoms with Crippen molar-refractivity contribution in [2.45, 2.75) is 26.0 Å². The number of nitrogens with zero attached hydrogens (tertiary/aromatic N) is 1. The van der Waals surface area contributed by atoms with Crippen LogP contribution in [0.1, 0.15) is 31.0 Å². The van der Waals surface area contributed by atoms with Crippen LogP contribution in [-0.2, 0) is 9.53 Å². The average molecular weight is 368 g/mol. The molecule has 0 aliphatic carbocycles. The van der Waals surface area contributed by atoms with Gasteiger partial charge in [0.1, 0.15) is 5.82 Å². The third-order valence-electron chi connectivity index (χ3n) is 4.65. The molecule has 0 radical (unpaired) electrons. The number of rotatable bonds is 5. The molecule has 1 fully saturated rings. The maximum atomic E-state index is 13.6. The molecule has 0 bridgehead atoms. The van der Waals surface area contributed by atoms with Crippen molar-refractivity contribution >= 4 is 17.7 Å². The fourth-order valence-electron chi connectivity index (χ4n) is 3.16. The number of amides is 1. The Morgan fingerprint density at radius 2 is 2.11 bits per heavy atom. The second-order valence-corrected chi connectivity index (χ2v) is 6.81. The standard InChI is InChI=1S/C22H25FN2O2/c1-16-15-25(12-13-27-16)20-8-5-7-19(14-20)17(2)24-22(26)11-10-18-6-3-4-9-21(18)23/h3-11,14,16-17H,12-13,15H2,1-2H3,(H,24,26)/t16-,17?/m0/s1. The summed E-state index contributed by atoms with van der Waals surface area (Å²) in [6.07, 6.45) is 3.06. The Labute approximate surface area is 159 Å². The molecule has 1 aliphatic heterocycles. The van der Waals surface area contributed by atoms with Crippen LogP contribution in [0.3, 0.4) is 0 Å². The van der Waals surface area contributed by atoms with E-state index in [9.17, 15) is 9.18 Å². The fraction of sp³-hybridized carbons (Fsp3) is 0.318. The Morgan fingerprint density at radius 3 is 2.89 bits per heavy atom. The van der Waals surface area contributed by atoms with Crippen molar-refractivity contribution in [2.24, 2.45) is 0 Å². The quantitative estimate of drug-likeness (QED) is 0.813. The van der Waals surface area contributed by atoms with Crippen LogP contribution in [0.15, 0.2) is 54.6 Å². The van der Waals surface area contributed by atoms with E-state index >= 15 is 0 Å². The smallest absolute Gasteiger partial charge is 0.244 e. The minimum Gasteiger partial charge on any atom is -0.375 e. The molecule has 0 aromatic heterocycles. The first-order valence-corrected chi connectivity index (χ1v) is 9.22. The Kier molecular flexibility index (Phi) is 6.24. The highest BCUT2D eigenvalue weighted by molar-refractivity contribution is 5.92. The summed E-state index contributed by atoms with van der Waals surface area (Å²) in [5.41, 5.74) is 2.55. The van der Waals surface area contributed by atoms with Crippen molar-refractivity contribution in [1.29, 1.82) is 0 Å². The SMILES string of the molecule is CC(NC(=O)C=Cc1ccccc1F)c1cccc(N2CCO[C@@H](C)C2)c1. The van der Waals surface area contributed by atoms with Gasteiger partial charge < -0.3 is 15.0 Å². The van der Waals surface area contributed by atoms with Crippen molar-refractivity contribution in [3.05, 3.63) is 71.6 Å². The van der Waals surface area contributed by atoms with E-state index in [-0.39, 0.29) is 23.9 Å². The lowest BCUT2D eigenvalue weighted by atomic mass is 10.1. The third-order valence-corrected chi connectivity index (χ3v) is 4.65.